The minimum atomic E-state index is -0.162. The number of nitrogens with one attached hydrogen (secondary N) is 1. The van der Waals surface area contributed by atoms with Crippen LogP contribution in [0, 0.1) is 5.92 Å². The molecule has 1 saturated heterocycles. The van der Waals surface area contributed by atoms with E-state index in [1.807, 2.05) is 40.0 Å². The molecule has 41 heavy (non-hydrogen) atoms. The Labute approximate surface area is 248 Å². The standard InChI is InChI=1S/C30H32ClN7O2S/c1-18(2)17-36-11-13-37(14-12-36)29(40)20-6-9-25(23(31)15-20)38-27-22(26(35-38)21-5-4-10-32-16-21)7-8-24-28(27)41-30(34-24)33-19(3)39/h4-6,9-10,15-16,18H,7-8,11-14,17H2,1-3H3,(H,33,34,39). The van der Waals surface area contributed by atoms with Crippen molar-refractivity contribution in [2.24, 2.45) is 5.92 Å². The first-order valence-corrected chi connectivity index (χ1v) is 15.1. The van der Waals surface area contributed by atoms with E-state index in [-0.39, 0.29) is 11.8 Å². The summed E-state index contributed by atoms with van der Waals surface area (Å²) in [7, 11) is 0. The van der Waals surface area contributed by atoms with Gasteiger partial charge in [-0.15, -0.1) is 0 Å². The van der Waals surface area contributed by atoms with Gasteiger partial charge in [-0.25, -0.2) is 9.67 Å². The highest BCUT2D eigenvalue weighted by atomic mass is 35.5. The maximum absolute atomic E-state index is 13.4. The van der Waals surface area contributed by atoms with Crippen LogP contribution < -0.4 is 5.32 Å². The van der Waals surface area contributed by atoms with E-state index in [2.05, 4.69) is 34.0 Å². The molecule has 6 rings (SSSR count). The summed E-state index contributed by atoms with van der Waals surface area (Å²) in [6, 6.07) is 9.34. The maximum Gasteiger partial charge on any atom is 0.253 e. The van der Waals surface area contributed by atoms with Crippen molar-refractivity contribution in [3.05, 3.63) is 64.6 Å². The van der Waals surface area contributed by atoms with Crippen LogP contribution in [0.3, 0.4) is 0 Å². The molecule has 9 nitrogen and oxygen atoms in total. The number of anilines is 1. The van der Waals surface area contributed by atoms with E-state index in [0.29, 0.717) is 40.4 Å². The first-order valence-electron chi connectivity index (χ1n) is 13.9. The van der Waals surface area contributed by atoms with E-state index < -0.39 is 0 Å². The van der Waals surface area contributed by atoms with Gasteiger partial charge in [-0.2, -0.15) is 5.10 Å². The zero-order valence-electron chi connectivity index (χ0n) is 23.4. The number of aromatic nitrogens is 4. The first-order chi connectivity index (χ1) is 19.8. The van der Waals surface area contributed by atoms with E-state index >= 15 is 0 Å². The molecule has 1 N–H and O–H groups in total. The SMILES string of the molecule is CC(=O)Nc1nc2c(s1)-c1c(c(-c3cccnc3)nn1-c1ccc(C(=O)N3CCN(CC(C)C)CC3)cc1Cl)CC2. The van der Waals surface area contributed by atoms with Gasteiger partial charge in [-0.1, -0.05) is 36.8 Å². The monoisotopic (exact) mass is 589 g/mol. The summed E-state index contributed by atoms with van der Waals surface area (Å²) in [6.45, 7) is 10.1. The summed E-state index contributed by atoms with van der Waals surface area (Å²) in [6.07, 6.45) is 5.03. The van der Waals surface area contributed by atoms with Crippen LogP contribution in [-0.2, 0) is 17.6 Å². The van der Waals surface area contributed by atoms with Gasteiger partial charge in [0.25, 0.3) is 5.91 Å². The van der Waals surface area contributed by atoms with Crippen LogP contribution >= 0.6 is 22.9 Å². The fourth-order valence-corrected chi connectivity index (χ4v) is 7.00. The van der Waals surface area contributed by atoms with Crippen molar-refractivity contribution >= 4 is 39.9 Å². The summed E-state index contributed by atoms with van der Waals surface area (Å²) in [5, 5.41) is 8.87. The highest BCUT2D eigenvalue weighted by molar-refractivity contribution is 7.19. The molecule has 212 valence electrons. The second-order valence-electron chi connectivity index (χ2n) is 11.0. The number of thiazole rings is 1. The molecule has 0 spiro atoms. The van der Waals surface area contributed by atoms with Gasteiger partial charge in [0, 0.05) is 68.7 Å². The summed E-state index contributed by atoms with van der Waals surface area (Å²) in [4.78, 5) is 39.4. The van der Waals surface area contributed by atoms with Gasteiger partial charge >= 0.3 is 0 Å². The van der Waals surface area contributed by atoms with E-state index in [1.165, 1.54) is 18.3 Å². The third kappa shape index (κ3) is 5.51. The Hall–Kier alpha value is -3.60. The highest BCUT2D eigenvalue weighted by Gasteiger charge is 2.31. The summed E-state index contributed by atoms with van der Waals surface area (Å²) in [5.41, 5.74) is 5.90. The molecule has 1 aliphatic carbocycles. The van der Waals surface area contributed by atoms with Gasteiger partial charge < -0.3 is 10.2 Å². The van der Waals surface area contributed by atoms with Crippen LogP contribution in [0.4, 0.5) is 5.13 Å². The molecule has 0 bridgehead atoms. The Kier molecular flexibility index (Phi) is 7.63. The van der Waals surface area contributed by atoms with Crippen LogP contribution in [-0.4, -0.2) is 74.1 Å². The average Bonchev–Trinajstić information content (AvgIpc) is 3.54. The number of amides is 2. The number of benzene rings is 1. The molecule has 3 aromatic heterocycles. The zero-order chi connectivity index (χ0) is 28.7. The fourth-order valence-electron chi connectivity index (χ4n) is 5.63. The number of aryl methyl sites for hydroxylation is 1. The summed E-state index contributed by atoms with van der Waals surface area (Å²) >= 11 is 8.34. The minimum Gasteiger partial charge on any atom is -0.336 e. The lowest BCUT2D eigenvalue weighted by molar-refractivity contribution is -0.114. The third-order valence-corrected chi connectivity index (χ3v) is 8.75. The van der Waals surface area contributed by atoms with Crippen LogP contribution in [0.25, 0.3) is 27.5 Å². The molecule has 11 heteroatoms. The van der Waals surface area contributed by atoms with Crippen LogP contribution in [0.1, 0.15) is 42.4 Å². The number of fused-ring (bicyclic) bond motifs is 3. The second-order valence-corrected chi connectivity index (χ2v) is 12.4. The van der Waals surface area contributed by atoms with Gasteiger partial charge in [-0.3, -0.25) is 19.5 Å². The van der Waals surface area contributed by atoms with Gasteiger partial charge in [0.2, 0.25) is 5.91 Å². The number of halogens is 1. The van der Waals surface area contributed by atoms with Crippen molar-refractivity contribution in [3.8, 4) is 27.5 Å². The smallest absolute Gasteiger partial charge is 0.253 e. The molecule has 4 heterocycles. The van der Waals surface area contributed by atoms with Gasteiger partial charge in [0.05, 0.1) is 32.7 Å². The number of pyridine rings is 1. The Morgan fingerprint density at radius 3 is 2.61 bits per heavy atom. The van der Waals surface area contributed by atoms with Crippen molar-refractivity contribution in [2.45, 2.75) is 33.6 Å². The largest absolute Gasteiger partial charge is 0.336 e. The van der Waals surface area contributed by atoms with Crippen LogP contribution in [0.2, 0.25) is 5.02 Å². The van der Waals surface area contributed by atoms with Crippen molar-refractivity contribution in [2.75, 3.05) is 38.0 Å². The highest BCUT2D eigenvalue weighted by Crippen LogP contribution is 2.44. The molecule has 1 aromatic carbocycles. The van der Waals surface area contributed by atoms with E-state index in [1.54, 1.807) is 12.3 Å². The van der Waals surface area contributed by atoms with E-state index in [0.717, 1.165) is 65.6 Å². The number of hydrogen-bond donors (Lipinski definition) is 1. The van der Waals surface area contributed by atoms with E-state index in [4.69, 9.17) is 16.7 Å². The molecule has 2 amide bonds. The molecule has 2 aliphatic rings. The first kappa shape index (κ1) is 27.6. The second kappa shape index (κ2) is 11.3. The maximum atomic E-state index is 13.4. The molecule has 0 unspecified atom stereocenters. The summed E-state index contributed by atoms with van der Waals surface area (Å²) < 4.78 is 1.85. The lowest BCUT2D eigenvalue weighted by Gasteiger charge is -2.35. The molecule has 0 atom stereocenters. The van der Waals surface area contributed by atoms with Gasteiger partial charge in [-0.05, 0) is 49.1 Å². The van der Waals surface area contributed by atoms with Crippen molar-refractivity contribution < 1.29 is 9.59 Å². The predicted octanol–water partition coefficient (Wildman–Crippen LogP) is 5.18. The normalized spacial score (nSPS) is 15.1. The molecule has 4 aromatic rings. The molecule has 1 aliphatic heterocycles. The summed E-state index contributed by atoms with van der Waals surface area (Å²) in [5.74, 6) is 0.435. The van der Waals surface area contributed by atoms with Crippen molar-refractivity contribution in [1.82, 2.24) is 29.5 Å². The topological polar surface area (TPSA) is 96.2 Å². The number of carbonyl (C=O) groups excluding carboxylic acids is 2. The zero-order valence-corrected chi connectivity index (χ0v) is 24.9. The predicted molar refractivity (Wildman–Crippen MR) is 162 cm³/mol. The molecule has 0 saturated carbocycles. The van der Waals surface area contributed by atoms with E-state index in [9.17, 15) is 9.59 Å². The van der Waals surface area contributed by atoms with Crippen LogP contribution in [0.5, 0.6) is 0 Å². The lowest BCUT2D eigenvalue weighted by atomic mass is 9.95. The molecule has 0 radical (unpaired) electrons. The molecular formula is C30H32ClN7O2S. The number of carbonyl (C=O) groups is 2. The number of hydrogen-bond acceptors (Lipinski definition) is 7. The fraction of sp³-hybridized carbons (Fsp3) is 0.367. The quantitative estimate of drug-likeness (QED) is 0.333. The van der Waals surface area contributed by atoms with Crippen molar-refractivity contribution in [3.63, 3.8) is 0 Å². The minimum absolute atomic E-state index is 0.00844. The molecule has 1 fully saturated rings. The van der Waals surface area contributed by atoms with Gasteiger partial charge in [0.15, 0.2) is 5.13 Å². The number of piperazine rings is 1. The number of rotatable bonds is 6. The Morgan fingerprint density at radius 1 is 1.12 bits per heavy atom. The number of nitrogens with zero attached hydrogens (tertiary/aromatic N) is 6. The Balaban J connectivity index is 1.36. The van der Waals surface area contributed by atoms with Crippen LogP contribution in [0.15, 0.2) is 42.7 Å². The average molecular weight is 590 g/mol. The molecular weight excluding hydrogens is 558 g/mol. The Morgan fingerprint density at radius 2 is 1.93 bits per heavy atom. The third-order valence-electron chi connectivity index (χ3n) is 7.43. The van der Waals surface area contributed by atoms with Crippen molar-refractivity contribution in [1.29, 1.82) is 0 Å². The Bertz CT molecular complexity index is 1610. The van der Waals surface area contributed by atoms with Gasteiger partial charge in [0.1, 0.15) is 0 Å². The lowest BCUT2D eigenvalue weighted by Crippen LogP contribution is -2.49.